The number of rotatable bonds is 5. The molecule has 0 amide bonds. The number of sulfonamides is 1. The van der Waals surface area contributed by atoms with Crippen LogP contribution in [0.4, 0.5) is 22.0 Å². The molecule has 0 aliphatic heterocycles. The van der Waals surface area contributed by atoms with E-state index in [4.69, 9.17) is 9.88 Å². The minimum Gasteiger partial charge on any atom is -0.486 e. The quantitative estimate of drug-likeness (QED) is 0.400. The van der Waals surface area contributed by atoms with Crippen molar-refractivity contribution in [3.05, 3.63) is 77.6 Å². The van der Waals surface area contributed by atoms with Crippen molar-refractivity contribution in [1.82, 2.24) is 9.97 Å². The number of ether oxygens (including phenoxy) is 1. The summed E-state index contributed by atoms with van der Waals surface area (Å²) < 4.78 is 95.0. The maximum Gasteiger partial charge on any atom is 0.416 e. The van der Waals surface area contributed by atoms with Crippen LogP contribution in [0.3, 0.4) is 0 Å². The smallest absolute Gasteiger partial charge is 0.416 e. The van der Waals surface area contributed by atoms with Gasteiger partial charge in [-0.25, -0.2) is 27.3 Å². The van der Waals surface area contributed by atoms with E-state index in [0.29, 0.717) is 22.9 Å². The Labute approximate surface area is 183 Å². The fourth-order valence-electron chi connectivity index (χ4n) is 3.25. The summed E-state index contributed by atoms with van der Waals surface area (Å²) in [7, 11) is -4.49. The van der Waals surface area contributed by atoms with E-state index < -0.39 is 38.3 Å². The number of alkyl halides is 3. The molecule has 0 radical (unpaired) electrons. The summed E-state index contributed by atoms with van der Waals surface area (Å²) in [4.78, 5) is 6.35. The van der Waals surface area contributed by atoms with Gasteiger partial charge in [-0.2, -0.15) is 13.2 Å². The molecule has 0 fully saturated rings. The summed E-state index contributed by atoms with van der Waals surface area (Å²) >= 11 is 0. The number of hydrogen-bond donors (Lipinski definition) is 2. The van der Waals surface area contributed by atoms with Crippen LogP contribution in [-0.4, -0.2) is 18.4 Å². The Balaban J connectivity index is 1.62. The molecule has 172 valence electrons. The number of primary sulfonamides is 1. The van der Waals surface area contributed by atoms with Crippen LogP contribution in [0.15, 0.2) is 59.5 Å². The lowest BCUT2D eigenvalue weighted by Crippen LogP contribution is -2.15. The van der Waals surface area contributed by atoms with Gasteiger partial charge in [0.1, 0.15) is 34.7 Å². The van der Waals surface area contributed by atoms with Crippen LogP contribution in [0.1, 0.15) is 11.4 Å². The van der Waals surface area contributed by atoms with Crippen LogP contribution < -0.4 is 9.88 Å². The number of H-pyrrole nitrogens is 1. The molecule has 0 unspecified atom stereocenters. The van der Waals surface area contributed by atoms with Gasteiger partial charge in [-0.3, -0.25) is 0 Å². The standard InChI is InChI=1S/C21H14F5N3O3S/c22-13-8-15(20(16(23)9-13)33(27,30)31)11-1-6-17-18(7-11)29-19(28-17)10-32-14-4-2-12(3-5-14)21(24,25)26/h1-9H,10H2,(H,28,29)(H2,27,30,31). The van der Waals surface area contributed by atoms with Crippen molar-refractivity contribution >= 4 is 21.1 Å². The maximum absolute atomic E-state index is 14.2. The second-order valence-corrected chi connectivity index (χ2v) is 8.53. The average Bonchev–Trinajstić information content (AvgIpc) is 3.12. The fraction of sp³-hybridized carbons (Fsp3) is 0.0952. The maximum atomic E-state index is 14.2. The highest BCUT2D eigenvalue weighted by Crippen LogP contribution is 2.32. The highest BCUT2D eigenvalue weighted by Gasteiger charge is 2.30. The Morgan fingerprint density at radius 1 is 1.00 bits per heavy atom. The summed E-state index contributed by atoms with van der Waals surface area (Å²) in [6.07, 6.45) is -4.46. The molecular formula is C21H14F5N3O3S. The van der Waals surface area contributed by atoms with E-state index in [2.05, 4.69) is 9.97 Å². The number of aromatic amines is 1. The minimum absolute atomic E-state index is 0.105. The Hall–Kier alpha value is -3.51. The van der Waals surface area contributed by atoms with Crippen molar-refractivity contribution in [2.75, 3.05) is 0 Å². The monoisotopic (exact) mass is 483 g/mol. The summed E-state index contributed by atoms with van der Waals surface area (Å²) in [6, 6.07) is 9.78. The third-order valence-electron chi connectivity index (χ3n) is 4.69. The van der Waals surface area contributed by atoms with Crippen molar-refractivity contribution in [1.29, 1.82) is 0 Å². The Bertz CT molecular complexity index is 1450. The third-order valence-corrected chi connectivity index (χ3v) is 5.68. The Kier molecular flexibility index (Phi) is 5.58. The van der Waals surface area contributed by atoms with Gasteiger partial charge in [0.25, 0.3) is 0 Å². The van der Waals surface area contributed by atoms with Crippen LogP contribution in [-0.2, 0) is 22.8 Å². The van der Waals surface area contributed by atoms with E-state index >= 15 is 0 Å². The number of nitrogens with two attached hydrogens (primary N) is 1. The molecule has 3 N–H and O–H groups in total. The molecule has 0 aliphatic carbocycles. The third kappa shape index (κ3) is 4.81. The fourth-order valence-corrected chi connectivity index (χ4v) is 4.07. The molecule has 4 rings (SSSR count). The molecule has 0 spiro atoms. The van der Waals surface area contributed by atoms with Crippen LogP contribution in [0.25, 0.3) is 22.2 Å². The SMILES string of the molecule is NS(=O)(=O)c1c(F)cc(F)cc1-c1ccc2nc(COc3ccc(C(F)(F)F)cc3)[nH]c2c1. The van der Waals surface area contributed by atoms with Gasteiger partial charge in [0.15, 0.2) is 0 Å². The summed E-state index contributed by atoms with van der Waals surface area (Å²) in [5.74, 6) is -1.79. The number of fused-ring (bicyclic) bond motifs is 1. The van der Waals surface area contributed by atoms with E-state index in [0.717, 1.165) is 18.2 Å². The zero-order valence-electron chi connectivity index (χ0n) is 16.5. The van der Waals surface area contributed by atoms with Gasteiger partial charge in [0, 0.05) is 11.6 Å². The van der Waals surface area contributed by atoms with Crippen molar-refractivity contribution in [3.63, 3.8) is 0 Å². The van der Waals surface area contributed by atoms with Crippen molar-refractivity contribution in [2.24, 2.45) is 5.14 Å². The highest BCUT2D eigenvalue weighted by molar-refractivity contribution is 7.89. The molecule has 0 saturated heterocycles. The van der Waals surface area contributed by atoms with E-state index in [-0.39, 0.29) is 23.5 Å². The predicted octanol–water partition coefficient (Wildman–Crippen LogP) is 4.75. The van der Waals surface area contributed by atoms with Gasteiger partial charge < -0.3 is 9.72 Å². The molecule has 3 aromatic carbocycles. The Morgan fingerprint density at radius 2 is 1.70 bits per heavy atom. The lowest BCUT2D eigenvalue weighted by molar-refractivity contribution is -0.137. The molecule has 12 heteroatoms. The molecular weight excluding hydrogens is 469 g/mol. The van der Waals surface area contributed by atoms with Crippen LogP contribution in [0, 0.1) is 11.6 Å². The molecule has 6 nitrogen and oxygen atoms in total. The molecule has 1 aromatic heterocycles. The minimum atomic E-state index is -4.49. The summed E-state index contributed by atoms with van der Waals surface area (Å²) in [6.45, 7) is -0.105. The second kappa shape index (κ2) is 8.12. The van der Waals surface area contributed by atoms with Gasteiger partial charge in [-0.15, -0.1) is 0 Å². The number of halogens is 5. The zero-order valence-corrected chi connectivity index (χ0v) is 17.3. The predicted molar refractivity (Wildman–Crippen MR) is 109 cm³/mol. The first-order valence-electron chi connectivity index (χ1n) is 9.23. The Morgan fingerprint density at radius 3 is 2.33 bits per heavy atom. The van der Waals surface area contributed by atoms with Crippen LogP contribution >= 0.6 is 0 Å². The van der Waals surface area contributed by atoms with Gasteiger partial charge >= 0.3 is 6.18 Å². The van der Waals surface area contributed by atoms with E-state index in [1.165, 1.54) is 30.3 Å². The lowest BCUT2D eigenvalue weighted by atomic mass is 10.0. The van der Waals surface area contributed by atoms with Crippen LogP contribution in [0.2, 0.25) is 0 Å². The van der Waals surface area contributed by atoms with Gasteiger partial charge in [0.2, 0.25) is 10.0 Å². The first-order chi connectivity index (χ1) is 15.4. The van der Waals surface area contributed by atoms with Crippen LogP contribution in [0.5, 0.6) is 5.75 Å². The van der Waals surface area contributed by atoms with E-state index in [1.807, 2.05) is 0 Å². The molecule has 33 heavy (non-hydrogen) atoms. The number of benzene rings is 3. The molecule has 1 heterocycles. The number of hydrogen-bond acceptors (Lipinski definition) is 4. The molecule has 0 aliphatic rings. The topological polar surface area (TPSA) is 98.1 Å². The van der Waals surface area contributed by atoms with Crippen molar-refractivity contribution in [2.45, 2.75) is 17.7 Å². The summed E-state index contributed by atoms with van der Waals surface area (Å²) in [5, 5.41) is 5.10. The number of nitrogens with zero attached hydrogens (tertiary/aromatic N) is 1. The first-order valence-corrected chi connectivity index (χ1v) is 10.8. The highest BCUT2D eigenvalue weighted by atomic mass is 32.2. The average molecular weight is 483 g/mol. The number of aromatic nitrogens is 2. The van der Waals surface area contributed by atoms with Crippen molar-refractivity contribution in [3.8, 4) is 16.9 Å². The normalized spacial score (nSPS) is 12.3. The second-order valence-electron chi connectivity index (χ2n) is 7.04. The summed E-state index contributed by atoms with van der Waals surface area (Å²) in [5.41, 5.74) is -0.0426. The zero-order chi connectivity index (χ0) is 24.0. The largest absolute Gasteiger partial charge is 0.486 e. The molecule has 4 aromatic rings. The number of imidazole rings is 1. The van der Waals surface area contributed by atoms with E-state index in [9.17, 15) is 30.4 Å². The first kappa shape index (κ1) is 22.7. The van der Waals surface area contributed by atoms with Gasteiger partial charge in [0.05, 0.1) is 16.6 Å². The van der Waals surface area contributed by atoms with Crippen molar-refractivity contribution < 1.29 is 35.1 Å². The van der Waals surface area contributed by atoms with Gasteiger partial charge in [-0.1, -0.05) is 6.07 Å². The number of nitrogens with one attached hydrogen (secondary N) is 1. The molecule has 0 saturated carbocycles. The van der Waals surface area contributed by atoms with E-state index in [1.54, 1.807) is 0 Å². The molecule has 0 bridgehead atoms. The lowest BCUT2D eigenvalue weighted by Gasteiger charge is -2.09. The van der Waals surface area contributed by atoms with Gasteiger partial charge in [-0.05, 0) is 48.0 Å². The molecule has 0 atom stereocenters.